The molecule has 0 aliphatic heterocycles. The number of aromatic nitrogens is 8. The van der Waals surface area contributed by atoms with Crippen LogP contribution in [0.4, 0.5) is 0 Å². The van der Waals surface area contributed by atoms with Gasteiger partial charge in [0, 0.05) is 49.6 Å². The van der Waals surface area contributed by atoms with E-state index in [-0.39, 0.29) is 75.6 Å². The van der Waals surface area contributed by atoms with E-state index in [0.29, 0.717) is 57.1 Å². The van der Waals surface area contributed by atoms with E-state index < -0.39 is 24.0 Å². The molecule has 0 spiro atoms. The van der Waals surface area contributed by atoms with Crippen molar-refractivity contribution in [1.82, 2.24) is 49.8 Å². The maximum absolute atomic E-state index is 11.9. The molecular weight excluding hydrogens is 972 g/mol. The van der Waals surface area contributed by atoms with Crippen molar-refractivity contribution >= 4 is 46.7 Å². The maximum atomic E-state index is 11.9. The fraction of sp³-hybridized carbons (Fsp3) is 0.280. The van der Waals surface area contributed by atoms with Gasteiger partial charge in [0.2, 0.25) is 0 Å². The number of ether oxygens (including phenoxy) is 4. The van der Waals surface area contributed by atoms with Gasteiger partial charge in [-0.05, 0) is 72.2 Å². The number of rotatable bonds is 25. The van der Waals surface area contributed by atoms with E-state index >= 15 is 0 Å². The summed E-state index contributed by atoms with van der Waals surface area (Å²) in [6.07, 6.45) is 9.38. The third-order valence-corrected chi connectivity index (χ3v) is 12.5. The molecule has 0 saturated carbocycles. The SMILES string of the molecule is Cc1c(COc2cc(OCc3cnc4nccnn34)c(CNC(CCO)C(=O)O)cc2Cl)cccc1-c1cccc(COc2cc(OCc3cnc4nccnn34)c(CNC(CCO)C(=O)O)cc2Cl)c1C. The van der Waals surface area contributed by atoms with Crippen molar-refractivity contribution in [2.75, 3.05) is 13.2 Å². The van der Waals surface area contributed by atoms with Crippen LogP contribution in [0.15, 0.2) is 97.8 Å². The first-order valence-corrected chi connectivity index (χ1v) is 23.4. The van der Waals surface area contributed by atoms with Crippen LogP contribution in [0.25, 0.3) is 22.7 Å². The number of hydrogen-bond donors (Lipinski definition) is 6. The van der Waals surface area contributed by atoms with E-state index in [9.17, 15) is 30.0 Å². The fourth-order valence-electron chi connectivity index (χ4n) is 7.90. The molecule has 0 aliphatic carbocycles. The van der Waals surface area contributed by atoms with Crippen molar-refractivity contribution in [3.63, 3.8) is 0 Å². The largest absolute Gasteiger partial charge is 0.487 e. The molecule has 22 heteroatoms. The number of carboxylic acids is 2. The normalized spacial score (nSPS) is 12.2. The summed E-state index contributed by atoms with van der Waals surface area (Å²) in [4.78, 5) is 40.7. The molecule has 0 fully saturated rings. The highest BCUT2D eigenvalue weighted by molar-refractivity contribution is 6.32. The van der Waals surface area contributed by atoms with Crippen molar-refractivity contribution in [2.24, 2.45) is 0 Å². The molecule has 0 radical (unpaired) electrons. The molecule has 8 aromatic rings. The number of carboxylic acid groups (broad SMARTS) is 2. The van der Waals surface area contributed by atoms with Crippen LogP contribution in [-0.4, -0.2) is 96.8 Å². The Morgan fingerprint density at radius 1 is 0.569 bits per heavy atom. The number of halogens is 2. The highest BCUT2D eigenvalue weighted by Crippen LogP contribution is 2.37. The zero-order valence-electron chi connectivity index (χ0n) is 39.0. The van der Waals surface area contributed by atoms with Crippen molar-refractivity contribution in [3.05, 3.63) is 153 Å². The highest BCUT2D eigenvalue weighted by atomic mass is 35.5. The summed E-state index contributed by atoms with van der Waals surface area (Å²) in [6.45, 7) is 3.96. The summed E-state index contributed by atoms with van der Waals surface area (Å²) in [5.74, 6) is 0.0481. The van der Waals surface area contributed by atoms with Gasteiger partial charge in [-0.15, -0.1) is 0 Å². The predicted octanol–water partition coefficient (Wildman–Crippen LogP) is 6.32. The van der Waals surface area contributed by atoms with Gasteiger partial charge in [-0.25, -0.2) is 19.9 Å². The lowest BCUT2D eigenvalue weighted by atomic mass is 9.92. The van der Waals surface area contributed by atoms with E-state index in [1.807, 2.05) is 50.2 Å². The van der Waals surface area contributed by atoms with E-state index in [1.54, 1.807) is 45.7 Å². The molecule has 4 aromatic carbocycles. The number of imidazole rings is 2. The maximum Gasteiger partial charge on any atom is 0.320 e. The van der Waals surface area contributed by atoms with Crippen molar-refractivity contribution < 1.29 is 49.0 Å². The minimum atomic E-state index is -1.10. The number of aliphatic hydroxyl groups is 2. The van der Waals surface area contributed by atoms with Crippen LogP contribution in [0, 0.1) is 13.8 Å². The van der Waals surface area contributed by atoms with E-state index in [2.05, 4.69) is 40.8 Å². The molecule has 6 N–H and O–H groups in total. The second kappa shape index (κ2) is 23.6. The summed E-state index contributed by atoms with van der Waals surface area (Å²) in [6, 6.07) is 16.6. The van der Waals surface area contributed by atoms with Crippen LogP contribution < -0.4 is 29.6 Å². The molecule has 8 rings (SSSR count). The number of nitrogens with one attached hydrogen (secondary N) is 2. The van der Waals surface area contributed by atoms with Gasteiger partial charge in [-0.2, -0.15) is 19.2 Å². The Labute approximate surface area is 422 Å². The van der Waals surface area contributed by atoms with E-state index in [1.165, 1.54) is 24.8 Å². The van der Waals surface area contributed by atoms with Gasteiger partial charge < -0.3 is 50.0 Å². The van der Waals surface area contributed by atoms with E-state index in [0.717, 1.165) is 33.4 Å². The van der Waals surface area contributed by atoms with Crippen LogP contribution in [0.5, 0.6) is 23.0 Å². The average Bonchev–Trinajstić information content (AvgIpc) is 3.99. The predicted molar refractivity (Wildman–Crippen MR) is 263 cm³/mol. The third kappa shape index (κ3) is 12.0. The lowest BCUT2D eigenvalue weighted by Gasteiger charge is -2.19. The summed E-state index contributed by atoms with van der Waals surface area (Å²) in [7, 11) is 0. The van der Waals surface area contributed by atoms with Crippen molar-refractivity contribution in [3.8, 4) is 34.1 Å². The van der Waals surface area contributed by atoms with Gasteiger partial charge in [-0.1, -0.05) is 59.6 Å². The number of aliphatic carboxylic acids is 2. The Balaban J connectivity index is 0.996. The zero-order chi connectivity index (χ0) is 50.7. The summed E-state index contributed by atoms with van der Waals surface area (Å²) < 4.78 is 28.5. The average molecular weight is 1020 g/mol. The summed E-state index contributed by atoms with van der Waals surface area (Å²) in [5.41, 5.74) is 8.06. The lowest BCUT2D eigenvalue weighted by Crippen LogP contribution is -2.37. The Kier molecular flexibility index (Phi) is 16.7. The molecule has 0 aliphatic rings. The molecule has 374 valence electrons. The van der Waals surface area contributed by atoms with Crippen LogP contribution in [0.1, 0.15) is 57.6 Å². The molecule has 2 atom stereocenters. The summed E-state index contributed by atoms with van der Waals surface area (Å²) >= 11 is 13.7. The van der Waals surface area contributed by atoms with Crippen LogP contribution >= 0.6 is 23.2 Å². The highest BCUT2D eigenvalue weighted by Gasteiger charge is 2.22. The Hall–Kier alpha value is -7.46. The molecular formula is C50H50Cl2N10O10. The molecule has 4 heterocycles. The number of benzene rings is 4. The second-order valence-corrected chi connectivity index (χ2v) is 17.3. The zero-order valence-corrected chi connectivity index (χ0v) is 40.5. The third-order valence-electron chi connectivity index (χ3n) is 11.9. The number of hydrogen-bond acceptors (Lipinski definition) is 16. The first-order valence-electron chi connectivity index (χ1n) is 22.7. The standard InChI is InChI=1S/C50H50Cl2N10O10/c1-29-31(25-69-45-19-43(71-27-35-23-57-49-53-11-13-59-61(35)49)33(17-39(45)51)21-55-41(9-15-63)47(65)66)5-3-7-37(29)38-8-4-6-32(30(38)2)26-70-46-20-44(72-28-36-24-58-50-54-12-14-60-62(36)50)34(18-40(46)52)22-56-42(10-16-64)48(67)68/h3-8,11-14,17-20,23-24,41-42,55-56,63-64H,9-10,15-16,21-22,25-28H2,1-2H3,(H,65,66)(H,67,68). The molecule has 20 nitrogen and oxygen atoms in total. The van der Waals surface area contributed by atoms with Gasteiger partial charge in [0.1, 0.15) is 72.9 Å². The van der Waals surface area contributed by atoms with E-state index in [4.69, 9.17) is 42.1 Å². The number of fused-ring (bicyclic) bond motifs is 2. The first kappa shape index (κ1) is 50.9. The molecule has 4 aromatic heterocycles. The van der Waals surface area contributed by atoms with Crippen LogP contribution in [0.3, 0.4) is 0 Å². The van der Waals surface area contributed by atoms with Crippen molar-refractivity contribution in [2.45, 2.75) is 78.3 Å². The quantitative estimate of drug-likeness (QED) is 0.0366. The van der Waals surface area contributed by atoms with Crippen LogP contribution in [-0.2, 0) is 49.1 Å². The van der Waals surface area contributed by atoms with Gasteiger partial charge in [-0.3, -0.25) is 9.59 Å². The molecule has 0 saturated heterocycles. The first-order chi connectivity index (χ1) is 34.9. The van der Waals surface area contributed by atoms with Gasteiger partial charge >= 0.3 is 11.9 Å². The van der Waals surface area contributed by atoms with Crippen LogP contribution in [0.2, 0.25) is 10.0 Å². The van der Waals surface area contributed by atoms with Gasteiger partial charge in [0.15, 0.2) is 0 Å². The summed E-state index contributed by atoms with van der Waals surface area (Å²) in [5, 5.41) is 53.4. The molecule has 0 amide bonds. The second-order valence-electron chi connectivity index (χ2n) is 16.5. The molecule has 0 bridgehead atoms. The Morgan fingerprint density at radius 2 is 0.986 bits per heavy atom. The Bertz CT molecular complexity index is 3000. The minimum absolute atomic E-state index is 0.00736. The topological polar surface area (TPSA) is 262 Å². The Morgan fingerprint density at radius 3 is 1.39 bits per heavy atom. The number of aliphatic hydroxyl groups excluding tert-OH is 2. The van der Waals surface area contributed by atoms with Gasteiger partial charge in [0.05, 0.1) is 47.2 Å². The smallest absolute Gasteiger partial charge is 0.320 e. The number of carbonyl (C=O) groups is 2. The number of nitrogens with zero attached hydrogens (tertiary/aromatic N) is 8. The fourth-order valence-corrected chi connectivity index (χ4v) is 8.39. The molecule has 72 heavy (non-hydrogen) atoms. The van der Waals surface area contributed by atoms with Gasteiger partial charge in [0.25, 0.3) is 11.6 Å². The minimum Gasteiger partial charge on any atom is -0.487 e. The monoisotopic (exact) mass is 1020 g/mol. The van der Waals surface area contributed by atoms with Crippen molar-refractivity contribution in [1.29, 1.82) is 0 Å². The molecule has 2 unspecified atom stereocenters. The lowest BCUT2D eigenvalue weighted by molar-refractivity contribution is -0.140.